The fourth-order valence-electron chi connectivity index (χ4n) is 10.2. The van der Waals surface area contributed by atoms with Crippen LogP contribution in [0, 0.1) is 0 Å². The molecule has 0 saturated carbocycles. The van der Waals surface area contributed by atoms with Crippen LogP contribution in [0.25, 0.3) is 98.4 Å². The van der Waals surface area contributed by atoms with Crippen LogP contribution in [0.1, 0.15) is 0 Å². The van der Waals surface area contributed by atoms with E-state index in [-0.39, 0.29) is 0 Å². The highest BCUT2D eigenvalue weighted by atomic mass is 28.3. The Balaban J connectivity index is 1.12. The summed E-state index contributed by atoms with van der Waals surface area (Å²) in [6.45, 7) is 14.9. The predicted octanol–water partition coefficient (Wildman–Crippen LogP) is 14.9. The average molecular weight is 779 g/mol. The number of fused-ring (bicyclic) bond motifs is 4. The van der Waals surface area contributed by atoms with Crippen LogP contribution in [0.4, 0.5) is 0 Å². The van der Waals surface area contributed by atoms with Crippen molar-refractivity contribution in [3.63, 3.8) is 0 Å². The van der Waals surface area contributed by atoms with E-state index in [0.717, 1.165) is 34.1 Å². The van der Waals surface area contributed by atoms with Crippen molar-refractivity contribution < 1.29 is 9.47 Å². The van der Waals surface area contributed by atoms with E-state index in [4.69, 9.17) is 9.47 Å². The van der Waals surface area contributed by atoms with Crippen LogP contribution in [0.5, 0.6) is 23.0 Å². The Kier molecular flexibility index (Phi) is 6.83. The molecule has 2 nitrogen and oxygen atoms in total. The molecule has 4 heteroatoms. The second-order valence-corrected chi connectivity index (χ2v) is 28.5. The van der Waals surface area contributed by atoms with E-state index in [1.807, 2.05) is 0 Å². The van der Waals surface area contributed by atoms with Gasteiger partial charge in [0.15, 0.2) is 0 Å². The minimum atomic E-state index is -1.83. The normalized spacial score (nSPS) is 13.3. The van der Waals surface area contributed by atoms with Crippen molar-refractivity contribution in [2.24, 2.45) is 0 Å². The van der Waals surface area contributed by atoms with Gasteiger partial charge in [-0.3, -0.25) is 0 Å². The second-order valence-electron chi connectivity index (χ2n) is 18.5. The van der Waals surface area contributed by atoms with Gasteiger partial charge in [-0.2, -0.15) is 0 Å². The summed E-state index contributed by atoms with van der Waals surface area (Å²) in [6, 6.07) is 54.3. The van der Waals surface area contributed by atoms with E-state index in [9.17, 15) is 0 Å². The van der Waals surface area contributed by atoms with Crippen LogP contribution in [-0.2, 0) is 0 Å². The Morgan fingerprint density at radius 3 is 1.12 bits per heavy atom. The summed E-state index contributed by atoms with van der Waals surface area (Å²) < 4.78 is 13.5. The lowest BCUT2D eigenvalue weighted by molar-refractivity contribution is 0.487. The van der Waals surface area contributed by atoms with Gasteiger partial charge < -0.3 is 9.47 Å². The topological polar surface area (TPSA) is 18.5 Å². The largest absolute Gasteiger partial charge is 0.456 e. The zero-order chi connectivity index (χ0) is 39.2. The summed E-state index contributed by atoms with van der Waals surface area (Å²) in [5.41, 5.74) is 9.70. The highest BCUT2D eigenvalue weighted by Crippen LogP contribution is 2.51. The van der Waals surface area contributed by atoms with Crippen molar-refractivity contribution in [2.75, 3.05) is 0 Å². The monoisotopic (exact) mass is 778 g/mol. The smallest absolute Gasteiger partial charge is 0.135 e. The standard InChI is InChI=1S/C54H42O2Si2/c1-57(2,3)49-29-43(33-19-21-35-37-15-7-11-31-13-9-17-45(51(31)37)55-47(35)27-33)39-24-26-42-50(58(4,5)6)30-44(40-23-25-41(49)53(39)54(40)42)34-20-22-36-38-16-8-12-32-14-10-18-46(52(32)38)56-48(36)28-34/h7-30H,1-6H3. The Morgan fingerprint density at radius 2 is 0.707 bits per heavy atom. The predicted molar refractivity (Wildman–Crippen MR) is 253 cm³/mol. The SMILES string of the molecule is C[Si](C)(C)c1cc(-c2ccc3c(c2)Oc2cccc4cccc-3c24)c2ccc3c([Si](C)(C)C)cc(-c4ccc5c(c4)Oc4cccc6cccc-5c46)c4ccc1c2c43. The number of benzene rings is 10. The zero-order valence-electron chi connectivity index (χ0n) is 33.7. The minimum Gasteiger partial charge on any atom is -0.456 e. The number of hydrogen-bond donors (Lipinski definition) is 0. The Bertz CT molecular complexity index is 3180. The van der Waals surface area contributed by atoms with Gasteiger partial charge in [0, 0.05) is 21.9 Å². The van der Waals surface area contributed by atoms with Gasteiger partial charge in [-0.05, 0) is 113 Å². The summed E-state index contributed by atoms with van der Waals surface area (Å²) in [7, 11) is -3.66. The Labute approximate surface area is 340 Å². The molecule has 0 spiro atoms. The number of hydrogen-bond acceptors (Lipinski definition) is 2. The molecular weight excluding hydrogens is 737 g/mol. The van der Waals surface area contributed by atoms with Gasteiger partial charge >= 0.3 is 0 Å². The third-order valence-electron chi connectivity index (χ3n) is 12.9. The van der Waals surface area contributed by atoms with Crippen LogP contribution in [0.3, 0.4) is 0 Å². The molecule has 10 aromatic carbocycles. The fraction of sp³-hybridized carbons (Fsp3) is 0.111. The van der Waals surface area contributed by atoms with Crippen molar-refractivity contribution in [3.05, 3.63) is 146 Å². The third-order valence-corrected chi connectivity index (χ3v) is 16.9. The molecule has 58 heavy (non-hydrogen) atoms. The molecule has 0 N–H and O–H groups in total. The maximum atomic E-state index is 6.73. The summed E-state index contributed by atoms with van der Waals surface area (Å²) in [6.07, 6.45) is 0. The molecule has 0 fully saturated rings. The lowest BCUT2D eigenvalue weighted by Gasteiger charge is -2.28. The molecule has 12 rings (SSSR count). The summed E-state index contributed by atoms with van der Waals surface area (Å²) in [5.74, 6) is 3.69. The quantitative estimate of drug-likeness (QED) is 0.131. The molecule has 0 saturated heterocycles. The summed E-state index contributed by atoms with van der Waals surface area (Å²) in [4.78, 5) is 0. The molecule has 0 bridgehead atoms. The van der Waals surface area contributed by atoms with E-state index in [0.29, 0.717) is 0 Å². The lowest BCUT2D eigenvalue weighted by atomic mass is 9.86. The molecule has 2 heterocycles. The highest BCUT2D eigenvalue weighted by molar-refractivity contribution is 6.91. The van der Waals surface area contributed by atoms with Crippen molar-refractivity contribution in [2.45, 2.75) is 39.3 Å². The molecule has 0 unspecified atom stereocenters. The molecule has 0 aliphatic carbocycles. The first-order valence-corrected chi connectivity index (χ1v) is 27.5. The maximum Gasteiger partial charge on any atom is 0.135 e. The first-order valence-electron chi connectivity index (χ1n) is 20.5. The molecule has 0 aromatic heterocycles. The summed E-state index contributed by atoms with van der Waals surface area (Å²) in [5, 5.41) is 15.9. The van der Waals surface area contributed by atoms with E-state index in [2.05, 4.69) is 185 Å². The third kappa shape index (κ3) is 4.76. The van der Waals surface area contributed by atoms with E-state index in [1.165, 1.54) is 97.6 Å². The lowest BCUT2D eigenvalue weighted by Crippen LogP contribution is -2.39. The average Bonchev–Trinajstić information content (AvgIpc) is 3.21. The molecule has 0 amide bonds. The number of ether oxygens (including phenoxy) is 2. The maximum absolute atomic E-state index is 6.73. The fourth-order valence-corrected chi connectivity index (χ4v) is 13.4. The van der Waals surface area contributed by atoms with Gasteiger partial charge in [-0.1, -0.05) is 159 Å². The van der Waals surface area contributed by atoms with Gasteiger partial charge in [-0.15, -0.1) is 0 Å². The van der Waals surface area contributed by atoms with E-state index in [1.54, 1.807) is 0 Å². The Morgan fingerprint density at radius 1 is 0.310 bits per heavy atom. The Hall–Kier alpha value is -6.21. The van der Waals surface area contributed by atoms with E-state index < -0.39 is 16.1 Å². The van der Waals surface area contributed by atoms with Gasteiger partial charge in [0.1, 0.15) is 23.0 Å². The van der Waals surface area contributed by atoms with Crippen molar-refractivity contribution in [1.82, 2.24) is 0 Å². The van der Waals surface area contributed by atoms with Crippen molar-refractivity contribution >= 4 is 80.4 Å². The van der Waals surface area contributed by atoms with Gasteiger partial charge in [-0.25, -0.2) is 0 Å². The van der Waals surface area contributed by atoms with Gasteiger partial charge in [0.2, 0.25) is 0 Å². The van der Waals surface area contributed by atoms with Crippen LogP contribution in [0.15, 0.2) is 146 Å². The van der Waals surface area contributed by atoms with Gasteiger partial charge in [0.25, 0.3) is 0 Å². The van der Waals surface area contributed by atoms with Crippen LogP contribution < -0.4 is 19.8 Å². The second kappa shape index (κ2) is 11.7. The van der Waals surface area contributed by atoms with Crippen molar-refractivity contribution in [3.8, 4) is 67.5 Å². The van der Waals surface area contributed by atoms with E-state index >= 15 is 0 Å². The molecule has 2 aliphatic heterocycles. The molecule has 278 valence electrons. The first-order chi connectivity index (χ1) is 28.0. The van der Waals surface area contributed by atoms with Crippen LogP contribution >= 0.6 is 0 Å². The van der Waals surface area contributed by atoms with Crippen molar-refractivity contribution in [1.29, 1.82) is 0 Å². The minimum absolute atomic E-state index is 0.917. The molecule has 0 radical (unpaired) electrons. The number of rotatable bonds is 4. The van der Waals surface area contributed by atoms with Gasteiger partial charge in [0.05, 0.1) is 16.1 Å². The molecule has 2 aliphatic rings. The van der Waals surface area contributed by atoms with Crippen LogP contribution in [0.2, 0.25) is 39.3 Å². The molecular formula is C54H42O2Si2. The molecule has 10 aromatic rings. The summed E-state index contributed by atoms with van der Waals surface area (Å²) >= 11 is 0. The molecule has 0 atom stereocenters. The zero-order valence-corrected chi connectivity index (χ0v) is 35.7. The first kappa shape index (κ1) is 33.9. The van der Waals surface area contributed by atoms with Crippen LogP contribution in [-0.4, -0.2) is 16.1 Å². The highest BCUT2D eigenvalue weighted by Gasteiger charge is 2.29.